The quantitative estimate of drug-likeness (QED) is 0.279. The van der Waals surface area contributed by atoms with E-state index in [1.165, 1.54) is 24.4 Å². The van der Waals surface area contributed by atoms with Crippen LogP contribution in [0.4, 0.5) is 26.5 Å². The first-order valence-electron chi connectivity index (χ1n) is 12.7. The van der Waals surface area contributed by atoms with E-state index in [1.54, 1.807) is 21.5 Å². The number of amides is 4. The van der Waals surface area contributed by atoms with Crippen LogP contribution in [0.15, 0.2) is 36.2 Å². The molecule has 3 aromatic rings. The number of imide groups is 1. The highest BCUT2D eigenvalue weighted by Crippen LogP contribution is 2.29. The highest BCUT2D eigenvalue weighted by molar-refractivity contribution is 6.14. The number of anilines is 3. The largest absolute Gasteiger partial charge is 0.372 e. The van der Waals surface area contributed by atoms with Crippen LogP contribution in [0.5, 0.6) is 0 Å². The number of aromatic nitrogens is 3. The van der Waals surface area contributed by atoms with Gasteiger partial charge in [0.15, 0.2) is 5.65 Å². The molecule has 0 unspecified atom stereocenters. The van der Waals surface area contributed by atoms with Gasteiger partial charge in [-0.15, -0.1) is 0 Å². The average molecular weight is 535 g/mol. The Morgan fingerprint density at radius 1 is 1.15 bits per heavy atom. The predicted octanol–water partition coefficient (Wildman–Crippen LogP) is 2.62. The van der Waals surface area contributed by atoms with Crippen molar-refractivity contribution in [2.75, 3.05) is 23.7 Å². The van der Waals surface area contributed by atoms with Gasteiger partial charge in [-0.25, -0.2) is 14.2 Å². The van der Waals surface area contributed by atoms with Crippen molar-refractivity contribution in [1.29, 1.82) is 0 Å². The normalized spacial score (nSPS) is 22.2. The van der Waals surface area contributed by atoms with E-state index in [0.29, 0.717) is 42.0 Å². The number of hydrogen-bond acceptors (Lipinski definition) is 8. The minimum Gasteiger partial charge on any atom is -0.372 e. The van der Waals surface area contributed by atoms with Crippen LogP contribution in [0.2, 0.25) is 0 Å². The molecular weight excluding hydrogens is 507 g/mol. The number of ether oxygens (including phenoxy) is 1. The van der Waals surface area contributed by atoms with Crippen LogP contribution in [-0.2, 0) is 9.53 Å². The van der Waals surface area contributed by atoms with E-state index in [0.717, 1.165) is 12.8 Å². The highest BCUT2D eigenvalue weighted by atomic mass is 19.1. The smallest absolute Gasteiger partial charge is 0.326 e. The lowest BCUT2D eigenvalue weighted by molar-refractivity contribution is -0.115. The van der Waals surface area contributed by atoms with Gasteiger partial charge in [0, 0.05) is 36.3 Å². The third-order valence-corrected chi connectivity index (χ3v) is 6.63. The van der Waals surface area contributed by atoms with E-state index in [1.807, 2.05) is 13.8 Å². The molecule has 4 N–H and O–H groups in total. The third kappa shape index (κ3) is 5.12. The number of fused-ring (bicyclic) bond motifs is 1. The van der Waals surface area contributed by atoms with Crippen molar-refractivity contribution in [2.24, 2.45) is 0 Å². The van der Waals surface area contributed by atoms with Gasteiger partial charge in [0.25, 0.3) is 11.8 Å². The first-order valence-corrected chi connectivity index (χ1v) is 12.7. The number of rotatable bonds is 6. The fourth-order valence-corrected chi connectivity index (χ4v) is 4.74. The molecule has 1 aromatic carbocycles. The number of carbonyl (C=O) groups excluding carboxylic acids is 3. The molecule has 2 aliphatic heterocycles. The minimum atomic E-state index is -0.607. The van der Waals surface area contributed by atoms with Crippen LogP contribution >= 0.6 is 0 Å². The summed E-state index contributed by atoms with van der Waals surface area (Å²) < 4.78 is 22.5. The van der Waals surface area contributed by atoms with Crippen LogP contribution in [0.3, 0.4) is 0 Å². The lowest BCUT2D eigenvalue weighted by Gasteiger charge is -2.35. The molecule has 3 fully saturated rings. The van der Waals surface area contributed by atoms with Gasteiger partial charge in [0.05, 0.1) is 24.1 Å². The van der Waals surface area contributed by atoms with Crippen LogP contribution < -0.4 is 21.3 Å². The molecule has 3 aliphatic rings. The number of benzene rings is 1. The van der Waals surface area contributed by atoms with Gasteiger partial charge in [-0.1, -0.05) is 0 Å². The number of nitrogens with one attached hydrogen (secondary N) is 4. The lowest BCUT2D eigenvalue weighted by atomic mass is 10.1. The van der Waals surface area contributed by atoms with Crippen molar-refractivity contribution < 1.29 is 23.5 Å². The molecule has 1 saturated carbocycles. The van der Waals surface area contributed by atoms with Crippen molar-refractivity contribution in [3.05, 3.63) is 53.1 Å². The van der Waals surface area contributed by atoms with E-state index < -0.39 is 17.8 Å². The summed E-state index contributed by atoms with van der Waals surface area (Å²) in [5, 5.41) is 15.4. The molecule has 4 amide bonds. The summed E-state index contributed by atoms with van der Waals surface area (Å²) in [6.45, 7) is 4.70. The van der Waals surface area contributed by atoms with Gasteiger partial charge in [-0.3, -0.25) is 14.9 Å². The maximum Gasteiger partial charge on any atom is 0.326 e. The Morgan fingerprint density at radius 3 is 2.59 bits per heavy atom. The van der Waals surface area contributed by atoms with Crippen molar-refractivity contribution in [1.82, 2.24) is 30.1 Å². The molecule has 0 bridgehead atoms. The van der Waals surface area contributed by atoms with E-state index in [9.17, 15) is 14.4 Å². The Bertz CT molecular complexity index is 1520. The van der Waals surface area contributed by atoms with Gasteiger partial charge in [0.1, 0.15) is 23.1 Å². The second-order valence-electron chi connectivity index (χ2n) is 10.0. The summed E-state index contributed by atoms with van der Waals surface area (Å²) in [6, 6.07) is 5.71. The standard InChI is InChI=1S/C26H27FN8O4/c1-13-11-34(12-14(2)39-13)25(37)15-3-6-19(18(27)7-15)30-21-9-22(29-17-4-5-17)35-23(32-21)16(10-28-35)8-20-24(36)33-26(38)31-20/h3,6-10,13-14,17,29H,4-5,11-12H2,1-2H3,(H,30,32)(H2,31,33,36,38)/b20-8-/t13-,14+. The van der Waals surface area contributed by atoms with E-state index in [-0.39, 0.29) is 35.1 Å². The Kier molecular flexibility index (Phi) is 6.14. The Labute approximate surface area is 222 Å². The zero-order valence-electron chi connectivity index (χ0n) is 21.3. The lowest BCUT2D eigenvalue weighted by Crippen LogP contribution is -2.48. The van der Waals surface area contributed by atoms with Crippen LogP contribution in [0, 0.1) is 5.82 Å². The average Bonchev–Trinajstić information content (AvgIpc) is 3.52. The molecule has 2 saturated heterocycles. The van der Waals surface area contributed by atoms with E-state index in [4.69, 9.17) is 4.74 Å². The number of nitrogens with zero attached hydrogens (tertiary/aromatic N) is 4. The third-order valence-electron chi connectivity index (χ3n) is 6.63. The second kappa shape index (κ2) is 9.66. The summed E-state index contributed by atoms with van der Waals surface area (Å²) in [5.41, 5.74) is 1.35. The molecule has 0 radical (unpaired) electrons. The zero-order valence-corrected chi connectivity index (χ0v) is 21.3. The molecule has 1 aliphatic carbocycles. The zero-order chi connectivity index (χ0) is 27.3. The van der Waals surface area contributed by atoms with E-state index >= 15 is 4.39 Å². The Hall–Kier alpha value is -4.52. The number of urea groups is 1. The second-order valence-corrected chi connectivity index (χ2v) is 10.0. The molecule has 0 spiro atoms. The number of halogens is 1. The maximum atomic E-state index is 15.2. The first kappa shape index (κ1) is 24.8. The SMILES string of the molecule is C[C@@H]1CN(C(=O)c2ccc(Nc3cc(NC4CC4)n4ncc(/C=C5\NC(=O)NC5=O)c4n3)c(F)c2)C[C@H](C)O1. The molecule has 6 rings (SSSR count). The summed E-state index contributed by atoms with van der Waals surface area (Å²) in [4.78, 5) is 42.8. The number of hydrogen-bond donors (Lipinski definition) is 4. The van der Waals surface area contributed by atoms with Crippen molar-refractivity contribution in [3.8, 4) is 0 Å². The Balaban J connectivity index is 1.29. The van der Waals surface area contributed by atoms with Gasteiger partial charge in [-0.05, 0) is 51.0 Å². The van der Waals surface area contributed by atoms with Crippen molar-refractivity contribution in [3.63, 3.8) is 0 Å². The van der Waals surface area contributed by atoms with Crippen molar-refractivity contribution in [2.45, 2.75) is 44.9 Å². The van der Waals surface area contributed by atoms with Crippen LogP contribution in [0.1, 0.15) is 42.6 Å². The summed E-state index contributed by atoms with van der Waals surface area (Å²) in [7, 11) is 0. The fourth-order valence-electron chi connectivity index (χ4n) is 4.74. The molecule has 39 heavy (non-hydrogen) atoms. The van der Waals surface area contributed by atoms with Crippen LogP contribution in [-0.4, -0.2) is 68.7 Å². The molecule has 4 heterocycles. The molecule has 2 aromatic heterocycles. The maximum absolute atomic E-state index is 15.2. The fraction of sp³-hybridized carbons (Fsp3) is 0.346. The van der Waals surface area contributed by atoms with Crippen molar-refractivity contribution >= 4 is 46.9 Å². The minimum absolute atomic E-state index is 0.0714. The predicted molar refractivity (Wildman–Crippen MR) is 140 cm³/mol. The number of morpholine rings is 1. The molecule has 13 heteroatoms. The summed E-state index contributed by atoms with van der Waals surface area (Å²) in [5.74, 6) is -0.438. The highest BCUT2D eigenvalue weighted by Gasteiger charge is 2.28. The topological polar surface area (TPSA) is 142 Å². The van der Waals surface area contributed by atoms with E-state index in [2.05, 4.69) is 31.3 Å². The molecule has 2 atom stereocenters. The molecule has 202 valence electrons. The first-order chi connectivity index (χ1) is 18.7. The van der Waals surface area contributed by atoms with Gasteiger partial charge < -0.3 is 25.6 Å². The summed E-state index contributed by atoms with van der Waals surface area (Å²) >= 11 is 0. The number of carbonyl (C=O) groups is 3. The monoisotopic (exact) mass is 534 g/mol. The van der Waals surface area contributed by atoms with Crippen LogP contribution in [0.25, 0.3) is 11.7 Å². The van der Waals surface area contributed by atoms with Gasteiger partial charge in [0.2, 0.25) is 0 Å². The van der Waals surface area contributed by atoms with Gasteiger partial charge >= 0.3 is 6.03 Å². The summed E-state index contributed by atoms with van der Waals surface area (Å²) in [6.07, 6.45) is 4.86. The molecule has 12 nitrogen and oxygen atoms in total. The Morgan fingerprint density at radius 2 is 1.92 bits per heavy atom. The molecular formula is C26H27FN8O4. The van der Waals surface area contributed by atoms with Gasteiger partial charge in [-0.2, -0.15) is 9.61 Å².